The van der Waals surface area contributed by atoms with E-state index >= 15 is 8.78 Å². The van der Waals surface area contributed by atoms with E-state index in [2.05, 4.69) is 5.16 Å². The molecule has 0 aromatic heterocycles. The molecule has 1 aliphatic rings. The third-order valence-electron chi connectivity index (χ3n) is 8.85. The van der Waals surface area contributed by atoms with Crippen molar-refractivity contribution in [2.45, 2.75) is 94.9 Å². The summed E-state index contributed by atoms with van der Waals surface area (Å²) in [5.74, 6) is -4.41. The van der Waals surface area contributed by atoms with Crippen LogP contribution in [0.15, 0.2) is 41.6 Å². The maximum Gasteiger partial charge on any atom is 0.340 e. The highest BCUT2D eigenvalue weighted by Gasteiger charge is 2.73. The van der Waals surface area contributed by atoms with Gasteiger partial charge in [-0.15, -0.1) is 0 Å². The Morgan fingerprint density at radius 2 is 1.47 bits per heavy atom. The van der Waals surface area contributed by atoms with Crippen LogP contribution in [0, 0.1) is 0 Å². The molecule has 2 aromatic carbocycles. The molecule has 1 N–H and O–H groups in total. The summed E-state index contributed by atoms with van der Waals surface area (Å²) in [7, 11) is -7.37. The molecule has 0 heterocycles. The van der Waals surface area contributed by atoms with Crippen molar-refractivity contribution in [2.75, 3.05) is 20.8 Å². The summed E-state index contributed by atoms with van der Waals surface area (Å²) in [5, 5.41) is 14.2. The lowest BCUT2D eigenvalue weighted by atomic mass is 9.84. The van der Waals surface area contributed by atoms with E-state index in [1.165, 1.54) is 35.0 Å². The van der Waals surface area contributed by atoms with Crippen molar-refractivity contribution in [1.29, 1.82) is 0 Å². The van der Waals surface area contributed by atoms with Gasteiger partial charge in [0.2, 0.25) is 0 Å². The lowest BCUT2D eigenvalue weighted by Gasteiger charge is -2.45. The number of hydrogen-bond donors (Lipinski definition) is 1. The van der Waals surface area contributed by atoms with E-state index in [0.717, 1.165) is 12.5 Å². The lowest BCUT2D eigenvalue weighted by molar-refractivity contribution is -0.0862. The number of phenolic OH excluding ortho intramolecular Hbond substituents is 1. The second kappa shape index (κ2) is 14.4. The van der Waals surface area contributed by atoms with Crippen LogP contribution in [0.5, 0.6) is 5.75 Å². The Labute approximate surface area is 265 Å². The van der Waals surface area contributed by atoms with E-state index < -0.39 is 61.5 Å². The van der Waals surface area contributed by atoms with Crippen LogP contribution in [0.4, 0.5) is 8.78 Å². The highest BCUT2D eigenvalue weighted by atomic mass is 32.2. The van der Waals surface area contributed by atoms with Crippen molar-refractivity contribution in [3.05, 3.63) is 64.2 Å². The van der Waals surface area contributed by atoms with Gasteiger partial charge in [-0.1, -0.05) is 50.2 Å². The number of aromatic hydroxyl groups is 1. The first kappa shape index (κ1) is 36.8. The van der Waals surface area contributed by atoms with E-state index in [1.807, 2.05) is 12.1 Å². The molecule has 0 spiro atoms. The first-order chi connectivity index (χ1) is 21.1. The number of phenols is 1. The summed E-state index contributed by atoms with van der Waals surface area (Å²) in [4.78, 5) is 0. The molecule has 0 bridgehead atoms. The van der Waals surface area contributed by atoms with Gasteiger partial charge in [-0.3, -0.25) is 8.47 Å². The van der Waals surface area contributed by atoms with Crippen LogP contribution in [0.1, 0.15) is 81.2 Å². The van der Waals surface area contributed by atoms with Crippen LogP contribution < -0.4 is 0 Å². The fourth-order valence-electron chi connectivity index (χ4n) is 5.81. The Morgan fingerprint density at radius 1 is 0.889 bits per heavy atom. The molecule has 14 heteroatoms. The fraction of sp³-hybridized carbons (Fsp3) is 0.581. The van der Waals surface area contributed by atoms with E-state index in [0.29, 0.717) is 40.8 Å². The normalized spacial score (nSPS) is 16.5. The van der Waals surface area contributed by atoms with Gasteiger partial charge in [0, 0.05) is 30.9 Å². The number of halogens is 2. The molecule has 2 aromatic rings. The molecule has 252 valence electrons. The average molecular weight is 676 g/mol. The topological polar surface area (TPSA) is 138 Å². The summed E-state index contributed by atoms with van der Waals surface area (Å²) in [6, 6.07) is 10.4. The van der Waals surface area contributed by atoms with Crippen molar-refractivity contribution in [3.8, 4) is 5.75 Å². The molecular weight excluding hydrogens is 632 g/mol. The molecule has 0 saturated heterocycles. The van der Waals surface area contributed by atoms with Gasteiger partial charge in [0.1, 0.15) is 5.75 Å². The Bertz CT molecular complexity index is 1560. The summed E-state index contributed by atoms with van der Waals surface area (Å²) in [6.45, 7) is 4.16. The van der Waals surface area contributed by atoms with E-state index in [4.69, 9.17) is 17.9 Å². The van der Waals surface area contributed by atoms with Gasteiger partial charge in [-0.25, -0.2) is 8.78 Å². The quantitative estimate of drug-likeness (QED) is 0.167. The largest absolute Gasteiger partial charge is 0.507 e. The minimum absolute atomic E-state index is 0.0204. The van der Waals surface area contributed by atoms with Gasteiger partial charge < -0.3 is 14.6 Å². The molecule has 0 amide bonds. The van der Waals surface area contributed by atoms with E-state index in [-0.39, 0.29) is 25.4 Å². The number of benzene rings is 2. The first-order valence-corrected chi connectivity index (χ1v) is 17.6. The number of ether oxygens (including phenoxy) is 2. The maximum absolute atomic E-state index is 16.8. The first-order valence-electron chi connectivity index (χ1n) is 14.8. The number of nitrogens with zero attached hydrogens (tertiary/aromatic N) is 1. The third kappa shape index (κ3) is 6.76. The summed E-state index contributed by atoms with van der Waals surface area (Å²) >= 11 is 0. The van der Waals surface area contributed by atoms with Gasteiger partial charge in [0.05, 0.1) is 25.5 Å². The smallest absolute Gasteiger partial charge is 0.340 e. The van der Waals surface area contributed by atoms with Crippen LogP contribution >= 0.6 is 0 Å². The van der Waals surface area contributed by atoms with Crippen LogP contribution in [0.25, 0.3) is 0 Å². The highest BCUT2D eigenvalue weighted by molar-refractivity contribution is 7.89. The Balaban J connectivity index is 1.92. The highest BCUT2D eigenvalue weighted by Crippen LogP contribution is 2.52. The number of oxime groups is 1. The standard InChI is InChI=1S/C31H43F2NO9S2/c1-7-29(4,44(36,37)43-34-27-15-14-23-12-10-11-13-26(23)27)31(32,33)30(8-2,9-3)45(38,39)42-17-16-22-18-24(20-40-5)28(35)25(19-22)21-41-6/h10-13,18-19,35H,7-9,14-17,20-21H2,1-6H3/b34-27+. The zero-order valence-electron chi connectivity index (χ0n) is 26.6. The van der Waals surface area contributed by atoms with Crippen molar-refractivity contribution in [3.63, 3.8) is 0 Å². The number of methoxy groups -OCH3 is 2. The molecule has 1 atom stereocenters. The molecule has 1 aliphatic carbocycles. The molecule has 0 aliphatic heterocycles. The molecule has 1 unspecified atom stereocenters. The lowest BCUT2D eigenvalue weighted by Crippen LogP contribution is -2.66. The van der Waals surface area contributed by atoms with Crippen LogP contribution in [-0.4, -0.2) is 63.9 Å². The molecule has 45 heavy (non-hydrogen) atoms. The van der Waals surface area contributed by atoms with Crippen molar-refractivity contribution in [2.24, 2.45) is 5.16 Å². The minimum Gasteiger partial charge on any atom is -0.507 e. The summed E-state index contributed by atoms with van der Waals surface area (Å²) in [5.41, 5.74) is 3.32. The average Bonchev–Trinajstić information content (AvgIpc) is 3.41. The fourth-order valence-corrected chi connectivity index (χ4v) is 8.87. The Kier molecular flexibility index (Phi) is 11.8. The monoisotopic (exact) mass is 675 g/mol. The van der Waals surface area contributed by atoms with E-state index in [1.54, 1.807) is 24.3 Å². The van der Waals surface area contributed by atoms with Crippen molar-refractivity contribution >= 4 is 25.9 Å². The minimum atomic E-state index is -5.18. The van der Waals surface area contributed by atoms with Crippen molar-refractivity contribution in [1.82, 2.24) is 0 Å². The van der Waals surface area contributed by atoms with Gasteiger partial charge in [-0.05, 0) is 68.7 Å². The predicted octanol–water partition coefficient (Wildman–Crippen LogP) is 5.63. The number of aryl methyl sites for hydroxylation is 1. The zero-order valence-corrected chi connectivity index (χ0v) is 28.2. The van der Waals surface area contributed by atoms with E-state index in [9.17, 15) is 21.9 Å². The van der Waals surface area contributed by atoms with Gasteiger partial charge >= 0.3 is 10.1 Å². The molecule has 0 radical (unpaired) electrons. The van der Waals surface area contributed by atoms with Gasteiger partial charge in [0.25, 0.3) is 16.0 Å². The molecule has 10 nitrogen and oxygen atoms in total. The SMILES string of the molecule is CCC(C)(C(F)(F)C(CC)(CC)S(=O)(=O)OCCc1cc(COC)c(O)c(COC)c1)S(=O)(=O)O/N=C1\CCc2ccccc21. The molecule has 0 saturated carbocycles. The molecule has 3 rings (SSSR count). The van der Waals surface area contributed by atoms with Gasteiger partial charge in [-0.2, -0.15) is 16.8 Å². The predicted molar refractivity (Wildman–Crippen MR) is 166 cm³/mol. The number of fused-ring (bicyclic) bond motifs is 1. The number of hydrogen-bond acceptors (Lipinski definition) is 10. The third-order valence-corrected chi connectivity index (χ3v) is 13.0. The van der Waals surface area contributed by atoms with Crippen LogP contribution in [0.2, 0.25) is 0 Å². The van der Waals surface area contributed by atoms with Crippen LogP contribution in [-0.2, 0) is 64.2 Å². The Morgan fingerprint density at radius 3 is 2.00 bits per heavy atom. The summed E-state index contributed by atoms with van der Waals surface area (Å²) < 4.78 is 102. The van der Waals surface area contributed by atoms with Gasteiger partial charge in [0.15, 0.2) is 9.49 Å². The van der Waals surface area contributed by atoms with Crippen molar-refractivity contribution < 1.29 is 48.7 Å². The second-order valence-corrected chi connectivity index (χ2v) is 15.1. The molecule has 0 fully saturated rings. The van der Waals surface area contributed by atoms with Crippen LogP contribution in [0.3, 0.4) is 0 Å². The molecular formula is C31H43F2NO9S2. The second-order valence-electron chi connectivity index (χ2n) is 11.2. The zero-order chi connectivity index (χ0) is 33.7. The number of rotatable bonds is 17. The Hall–Kier alpha value is -2.65. The summed E-state index contributed by atoms with van der Waals surface area (Å²) in [6.07, 6.45) is -1.00. The number of alkyl halides is 2. The maximum atomic E-state index is 16.8.